The van der Waals surface area contributed by atoms with Crippen LogP contribution in [0.3, 0.4) is 0 Å². The molecule has 92 valence electrons. The van der Waals surface area contributed by atoms with E-state index in [1.807, 2.05) is 19.9 Å². The van der Waals surface area contributed by atoms with E-state index in [1.54, 1.807) is 30.6 Å². The van der Waals surface area contributed by atoms with Crippen LogP contribution in [0.4, 0.5) is 0 Å². The van der Waals surface area contributed by atoms with E-state index >= 15 is 0 Å². The van der Waals surface area contributed by atoms with E-state index < -0.39 is 0 Å². The average Bonchev–Trinajstić information content (AvgIpc) is 2.69. The van der Waals surface area contributed by atoms with Crippen LogP contribution < -0.4 is 5.43 Å². The number of furan rings is 1. The normalized spacial score (nSPS) is 10.8. The Bertz CT molecular complexity index is 573. The molecule has 0 aliphatic rings. The van der Waals surface area contributed by atoms with Crippen molar-refractivity contribution >= 4 is 12.1 Å². The van der Waals surface area contributed by atoms with Crippen LogP contribution in [0.2, 0.25) is 0 Å². The molecule has 0 aliphatic heterocycles. The Hall–Kier alpha value is -2.43. The molecule has 0 unspecified atom stereocenters. The number of nitrogens with one attached hydrogen (secondary N) is 1. The minimum Gasteiger partial charge on any atom is -0.466 e. The van der Waals surface area contributed by atoms with E-state index in [-0.39, 0.29) is 5.91 Å². The van der Waals surface area contributed by atoms with Crippen molar-refractivity contribution in [2.45, 2.75) is 13.8 Å². The second-order valence-electron chi connectivity index (χ2n) is 3.78. The summed E-state index contributed by atoms with van der Waals surface area (Å²) in [6.07, 6.45) is 3.11. The van der Waals surface area contributed by atoms with Gasteiger partial charge >= 0.3 is 0 Å². The van der Waals surface area contributed by atoms with Gasteiger partial charge in [0, 0.05) is 11.8 Å². The maximum Gasteiger partial charge on any atom is 0.289 e. The molecule has 0 aromatic carbocycles. The van der Waals surface area contributed by atoms with E-state index in [0.717, 1.165) is 17.1 Å². The number of aryl methyl sites for hydroxylation is 2. The maximum atomic E-state index is 11.6. The Balaban J connectivity index is 2.00. The van der Waals surface area contributed by atoms with E-state index in [1.165, 1.54) is 0 Å². The molecule has 2 aromatic heterocycles. The number of nitrogens with zero attached hydrogens (tertiary/aromatic N) is 2. The molecule has 5 heteroatoms. The standard InChI is InChI=1S/C13H13N3O2/c1-9-7-11(10(2)18-9)8-15-16-13(17)12-5-3-4-6-14-12/h3-8H,1-2H3,(H,16,17)/b15-8+. The fraction of sp³-hybridized carbons (Fsp3) is 0.154. The molecular formula is C13H13N3O2. The van der Waals surface area contributed by atoms with Crippen LogP contribution in [0, 0.1) is 13.8 Å². The monoisotopic (exact) mass is 243 g/mol. The van der Waals surface area contributed by atoms with Gasteiger partial charge in [-0.2, -0.15) is 5.10 Å². The lowest BCUT2D eigenvalue weighted by atomic mass is 10.3. The van der Waals surface area contributed by atoms with Gasteiger partial charge in [0.1, 0.15) is 17.2 Å². The van der Waals surface area contributed by atoms with Crippen molar-refractivity contribution in [1.29, 1.82) is 0 Å². The first-order valence-corrected chi connectivity index (χ1v) is 5.48. The van der Waals surface area contributed by atoms with Gasteiger partial charge in [0.2, 0.25) is 0 Å². The highest BCUT2D eigenvalue weighted by Gasteiger charge is 2.04. The predicted molar refractivity (Wildman–Crippen MR) is 67.5 cm³/mol. The zero-order valence-electron chi connectivity index (χ0n) is 10.2. The Morgan fingerprint density at radius 2 is 2.28 bits per heavy atom. The molecule has 0 aliphatic carbocycles. The van der Waals surface area contributed by atoms with E-state index in [2.05, 4.69) is 15.5 Å². The first-order chi connectivity index (χ1) is 8.66. The zero-order valence-corrected chi connectivity index (χ0v) is 10.2. The third-order valence-corrected chi connectivity index (χ3v) is 2.35. The van der Waals surface area contributed by atoms with Crippen molar-refractivity contribution in [3.05, 3.63) is 53.2 Å². The third kappa shape index (κ3) is 2.82. The molecule has 0 atom stereocenters. The smallest absolute Gasteiger partial charge is 0.289 e. The molecule has 2 heterocycles. The van der Waals surface area contributed by atoms with Crippen molar-refractivity contribution in [1.82, 2.24) is 10.4 Å². The molecule has 0 saturated heterocycles. The van der Waals surface area contributed by atoms with Crippen LogP contribution >= 0.6 is 0 Å². The van der Waals surface area contributed by atoms with Crippen LogP contribution in [0.1, 0.15) is 27.6 Å². The fourth-order valence-corrected chi connectivity index (χ4v) is 1.49. The second kappa shape index (κ2) is 5.27. The van der Waals surface area contributed by atoms with E-state index in [9.17, 15) is 4.79 Å². The minimum atomic E-state index is -0.343. The number of carbonyl (C=O) groups is 1. The predicted octanol–water partition coefficient (Wildman–Crippen LogP) is 2.06. The highest BCUT2D eigenvalue weighted by atomic mass is 16.3. The molecule has 1 amide bonds. The number of hydrazone groups is 1. The SMILES string of the molecule is Cc1cc(/C=N/NC(=O)c2ccccn2)c(C)o1. The largest absolute Gasteiger partial charge is 0.466 e. The van der Waals surface area contributed by atoms with Crippen molar-refractivity contribution in [2.75, 3.05) is 0 Å². The summed E-state index contributed by atoms with van der Waals surface area (Å²) in [5.41, 5.74) is 3.58. The number of aromatic nitrogens is 1. The molecule has 18 heavy (non-hydrogen) atoms. The highest BCUT2D eigenvalue weighted by Crippen LogP contribution is 2.10. The molecule has 0 fully saturated rings. The topological polar surface area (TPSA) is 67.5 Å². The van der Waals surface area contributed by atoms with Gasteiger partial charge in [0.15, 0.2) is 0 Å². The summed E-state index contributed by atoms with van der Waals surface area (Å²) in [7, 11) is 0. The third-order valence-electron chi connectivity index (χ3n) is 2.35. The molecule has 0 radical (unpaired) electrons. The summed E-state index contributed by atoms with van der Waals surface area (Å²) in [5.74, 6) is 1.23. The van der Waals surface area contributed by atoms with Crippen LogP contribution in [0.25, 0.3) is 0 Å². The number of pyridine rings is 1. The fourth-order valence-electron chi connectivity index (χ4n) is 1.49. The van der Waals surface area contributed by atoms with Crippen molar-refractivity contribution in [3.63, 3.8) is 0 Å². The molecule has 1 N–H and O–H groups in total. The Labute approximate surface area is 105 Å². The second-order valence-corrected chi connectivity index (χ2v) is 3.78. The summed E-state index contributed by atoms with van der Waals surface area (Å²) < 4.78 is 5.34. The van der Waals surface area contributed by atoms with Crippen LogP contribution in [-0.2, 0) is 0 Å². The van der Waals surface area contributed by atoms with Gasteiger partial charge in [0.25, 0.3) is 5.91 Å². The maximum absolute atomic E-state index is 11.6. The summed E-state index contributed by atoms with van der Waals surface area (Å²) in [6, 6.07) is 6.97. The van der Waals surface area contributed by atoms with E-state index in [0.29, 0.717) is 5.69 Å². The summed E-state index contributed by atoms with van der Waals surface area (Å²) in [4.78, 5) is 15.5. The molecule has 5 nitrogen and oxygen atoms in total. The molecule has 0 bridgehead atoms. The Morgan fingerprint density at radius 1 is 1.44 bits per heavy atom. The van der Waals surface area contributed by atoms with Crippen molar-refractivity contribution < 1.29 is 9.21 Å². The number of amides is 1. The van der Waals surface area contributed by atoms with Gasteiger partial charge in [-0.05, 0) is 32.0 Å². The summed E-state index contributed by atoms with van der Waals surface area (Å²) >= 11 is 0. The number of carbonyl (C=O) groups excluding carboxylic acids is 1. The summed E-state index contributed by atoms with van der Waals surface area (Å²) in [5, 5.41) is 3.87. The molecule has 0 spiro atoms. The molecule has 2 aromatic rings. The number of hydrogen-bond acceptors (Lipinski definition) is 4. The Morgan fingerprint density at radius 3 is 2.89 bits per heavy atom. The first-order valence-electron chi connectivity index (χ1n) is 5.48. The summed E-state index contributed by atoms with van der Waals surface area (Å²) in [6.45, 7) is 3.70. The number of hydrogen-bond donors (Lipinski definition) is 1. The highest BCUT2D eigenvalue weighted by molar-refractivity contribution is 5.93. The lowest BCUT2D eigenvalue weighted by molar-refractivity contribution is 0.0950. The molecular weight excluding hydrogens is 230 g/mol. The minimum absolute atomic E-state index is 0.328. The Kier molecular flexibility index (Phi) is 3.52. The molecule has 2 rings (SSSR count). The van der Waals surface area contributed by atoms with Crippen LogP contribution in [-0.4, -0.2) is 17.1 Å². The lowest BCUT2D eigenvalue weighted by Gasteiger charge is -1.97. The van der Waals surface area contributed by atoms with Gasteiger partial charge in [0.05, 0.1) is 6.21 Å². The van der Waals surface area contributed by atoms with E-state index in [4.69, 9.17) is 4.42 Å². The van der Waals surface area contributed by atoms with Crippen molar-refractivity contribution in [2.24, 2.45) is 5.10 Å². The average molecular weight is 243 g/mol. The first kappa shape index (κ1) is 12.0. The lowest BCUT2D eigenvalue weighted by Crippen LogP contribution is -2.18. The van der Waals surface area contributed by atoms with Gasteiger partial charge in [-0.1, -0.05) is 6.07 Å². The van der Waals surface area contributed by atoms with Gasteiger partial charge in [-0.25, -0.2) is 5.43 Å². The van der Waals surface area contributed by atoms with Gasteiger partial charge < -0.3 is 4.42 Å². The number of rotatable bonds is 3. The quantitative estimate of drug-likeness (QED) is 0.662. The van der Waals surface area contributed by atoms with Crippen LogP contribution in [0.5, 0.6) is 0 Å². The van der Waals surface area contributed by atoms with Gasteiger partial charge in [-0.15, -0.1) is 0 Å². The van der Waals surface area contributed by atoms with Gasteiger partial charge in [-0.3, -0.25) is 9.78 Å². The molecule has 0 saturated carbocycles. The van der Waals surface area contributed by atoms with Crippen molar-refractivity contribution in [3.8, 4) is 0 Å². The zero-order chi connectivity index (χ0) is 13.0. The van der Waals surface area contributed by atoms with Crippen LogP contribution in [0.15, 0.2) is 40.0 Å².